The lowest BCUT2D eigenvalue weighted by Crippen LogP contribution is -2.18. The van der Waals surface area contributed by atoms with Gasteiger partial charge >= 0.3 is 0 Å². The lowest BCUT2D eigenvalue weighted by atomic mass is 10.1. The molecule has 0 aliphatic carbocycles. The number of benzene rings is 1. The zero-order chi connectivity index (χ0) is 18.9. The van der Waals surface area contributed by atoms with Gasteiger partial charge in [0, 0.05) is 18.1 Å². The molecule has 1 saturated heterocycles. The van der Waals surface area contributed by atoms with Crippen LogP contribution in [0, 0.1) is 0 Å². The molecule has 0 radical (unpaired) electrons. The van der Waals surface area contributed by atoms with E-state index in [0.717, 1.165) is 40.3 Å². The molecular formula is C22H23N5S. The highest BCUT2D eigenvalue weighted by Gasteiger charge is 2.15. The van der Waals surface area contributed by atoms with Crippen LogP contribution >= 0.6 is 11.8 Å². The fraction of sp³-hybridized carbons (Fsp3) is 0.318. The standard InChI is InChI=1S/C22H23N5S/c1-28-22-25-19-13-24-21-18(5-4-10-23-21)20(19)27(22)15-17-8-6-16(7-9-17)14-26-11-2-3-12-26/h4-10,13H,2-3,11-12,14-15H2,1H3. The summed E-state index contributed by atoms with van der Waals surface area (Å²) in [6, 6.07) is 13.1. The van der Waals surface area contributed by atoms with E-state index < -0.39 is 0 Å². The molecule has 0 bridgehead atoms. The Labute approximate surface area is 168 Å². The summed E-state index contributed by atoms with van der Waals surface area (Å²) in [5.41, 5.74) is 5.49. The van der Waals surface area contributed by atoms with E-state index in [4.69, 9.17) is 4.98 Å². The zero-order valence-corrected chi connectivity index (χ0v) is 16.8. The van der Waals surface area contributed by atoms with Gasteiger partial charge in [-0.1, -0.05) is 36.0 Å². The Hall–Kier alpha value is -2.44. The predicted octanol–water partition coefficient (Wildman–Crippen LogP) is 4.35. The number of rotatable bonds is 5. The van der Waals surface area contributed by atoms with E-state index in [2.05, 4.69) is 56.0 Å². The van der Waals surface area contributed by atoms with Crippen LogP contribution < -0.4 is 0 Å². The molecule has 5 rings (SSSR count). The van der Waals surface area contributed by atoms with Crippen molar-refractivity contribution in [1.29, 1.82) is 0 Å². The maximum Gasteiger partial charge on any atom is 0.169 e. The summed E-state index contributed by atoms with van der Waals surface area (Å²) < 4.78 is 2.29. The van der Waals surface area contributed by atoms with Crippen LogP contribution in [0.2, 0.25) is 0 Å². The first kappa shape index (κ1) is 17.6. The van der Waals surface area contributed by atoms with Gasteiger partial charge < -0.3 is 4.57 Å². The molecule has 1 aromatic carbocycles. The van der Waals surface area contributed by atoms with Crippen molar-refractivity contribution in [3.63, 3.8) is 0 Å². The van der Waals surface area contributed by atoms with Crippen LogP contribution in [0.1, 0.15) is 24.0 Å². The molecule has 3 aromatic heterocycles. The van der Waals surface area contributed by atoms with Crippen molar-refractivity contribution >= 4 is 33.8 Å². The molecule has 142 valence electrons. The van der Waals surface area contributed by atoms with Gasteiger partial charge in [0.15, 0.2) is 10.8 Å². The van der Waals surface area contributed by atoms with Crippen molar-refractivity contribution in [3.8, 4) is 0 Å². The Bertz CT molecular complexity index is 1110. The third kappa shape index (κ3) is 3.27. The number of fused-ring (bicyclic) bond motifs is 3. The molecule has 0 spiro atoms. The van der Waals surface area contributed by atoms with E-state index in [-0.39, 0.29) is 0 Å². The largest absolute Gasteiger partial charge is 0.314 e. The number of thioether (sulfide) groups is 1. The summed E-state index contributed by atoms with van der Waals surface area (Å²) in [5.74, 6) is 0. The van der Waals surface area contributed by atoms with Crippen LogP contribution in [-0.2, 0) is 13.1 Å². The van der Waals surface area contributed by atoms with Crippen molar-refractivity contribution in [1.82, 2.24) is 24.4 Å². The number of nitrogens with zero attached hydrogens (tertiary/aromatic N) is 5. The summed E-state index contributed by atoms with van der Waals surface area (Å²) in [5, 5.41) is 2.06. The maximum absolute atomic E-state index is 4.79. The molecule has 0 unspecified atom stereocenters. The lowest BCUT2D eigenvalue weighted by Gasteiger charge is -2.15. The van der Waals surface area contributed by atoms with Crippen LogP contribution in [0.15, 0.2) is 53.9 Å². The Morgan fingerprint density at radius 2 is 1.71 bits per heavy atom. The second kappa shape index (κ2) is 7.53. The van der Waals surface area contributed by atoms with Crippen molar-refractivity contribution in [3.05, 3.63) is 59.9 Å². The van der Waals surface area contributed by atoms with Gasteiger partial charge in [-0.15, -0.1) is 0 Å². The van der Waals surface area contributed by atoms with E-state index in [1.54, 1.807) is 18.0 Å². The van der Waals surface area contributed by atoms with Crippen LogP contribution in [0.5, 0.6) is 0 Å². The molecule has 0 amide bonds. The number of likely N-dealkylation sites (tertiary alicyclic amines) is 1. The molecule has 0 atom stereocenters. The van der Waals surface area contributed by atoms with Crippen LogP contribution in [0.4, 0.5) is 0 Å². The van der Waals surface area contributed by atoms with Gasteiger partial charge in [0.05, 0.1) is 18.3 Å². The molecule has 28 heavy (non-hydrogen) atoms. The van der Waals surface area contributed by atoms with Gasteiger partial charge in [0.1, 0.15) is 5.52 Å². The summed E-state index contributed by atoms with van der Waals surface area (Å²) in [4.78, 5) is 16.2. The molecule has 1 fully saturated rings. The Kier molecular flexibility index (Phi) is 4.74. The van der Waals surface area contributed by atoms with E-state index in [9.17, 15) is 0 Å². The van der Waals surface area contributed by atoms with Gasteiger partial charge in [-0.2, -0.15) is 0 Å². The van der Waals surface area contributed by atoms with E-state index >= 15 is 0 Å². The fourth-order valence-corrected chi connectivity index (χ4v) is 4.63. The van der Waals surface area contributed by atoms with Crippen molar-refractivity contribution in [2.24, 2.45) is 0 Å². The number of imidazole rings is 1. The first-order chi connectivity index (χ1) is 13.8. The summed E-state index contributed by atoms with van der Waals surface area (Å²) in [6.07, 6.45) is 8.36. The predicted molar refractivity (Wildman–Crippen MR) is 115 cm³/mol. The van der Waals surface area contributed by atoms with Gasteiger partial charge in [0.25, 0.3) is 0 Å². The van der Waals surface area contributed by atoms with Crippen molar-refractivity contribution < 1.29 is 0 Å². The molecule has 4 heterocycles. The Morgan fingerprint density at radius 1 is 0.964 bits per heavy atom. The number of aromatic nitrogens is 4. The normalized spacial score (nSPS) is 15.0. The molecule has 6 heteroatoms. The third-order valence-electron chi connectivity index (χ3n) is 5.46. The molecular weight excluding hydrogens is 366 g/mol. The quantitative estimate of drug-likeness (QED) is 0.475. The van der Waals surface area contributed by atoms with E-state index in [0.29, 0.717) is 0 Å². The summed E-state index contributed by atoms with van der Waals surface area (Å²) >= 11 is 1.67. The van der Waals surface area contributed by atoms with Crippen molar-refractivity contribution in [2.75, 3.05) is 19.3 Å². The minimum absolute atomic E-state index is 0.768. The minimum atomic E-state index is 0.768. The average molecular weight is 390 g/mol. The SMILES string of the molecule is CSc1nc2cnc3ncccc3c2n1Cc1ccc(CN2CCCC2)cc1. The Morgan fingerprint density at radius 3 is 2.46 bits per heavy atom. The van der Waals surface area contributed by atoms with Gasteiger partial charge in [-0.3, -0.25) is 4.90 Å². The highest BCUT2D eigenvalue weighted by atomic mass is 32.2. The van der Waals surface area contributed by atoms with E-state index in [1.165, 1.54) is 37.1 Å². The topological polar surface area (TPSA) is 46.8 Å². The van der Waals surface area contributed by atoms with E-state index in [1.807, 2.05) is 12.3 Å². The molecule has 5 nitrogen and oxygen atoms in total. The third-order valence-corrected chi connectivity index (χ3v) is 6.14. The highest BCUT2D eigenvalue weighted by Crippen LogP contribution is 2.28. The smallest absolute Gasteiger partial charge is 0.169 e. The number of hydrogen-bond donors (Lipinski definition) is 0. The van der Waals surface area contributed by atoms with Gasteiger partial charge in [-0.25, -0.2) is 15.0 Å². The minimum Gasteiger partial charge on any atom is -0.314 e. The van der Waals surface area contributed by atoms with Crippen LogP contribution in [0.3, 0.4) is 0 Å². The molecule has 4 aromatic rings. The first-order valence-corrected chi connectivity index (χ1v) is 11.0. The first-order valence-electron chi connectivity index (χ1n) is 9.76. The maximum atomic E-state index is 4.79. The van der Waals surface area contributed by atoms with Gasteiger partial charge in [-0.05, 0) is 55.4 Å². The number of hydrogen-bond acceptors (Lipinski definition) is 5. The summed E-state index contributed by atoms with van der Waals surface area (Å²) in [6.45, 7) is 4.32. The number of pyridine rings is 2. The van der Waals surface area contributed by atoms with Crippen LogP contribution in [0.25, 0.3) is 22.1 Å². The lowest BCUT2D eigenvalue weighted by molar-refractivity contribution is 0.331. The zero-order valence-electron chi connectivity index (χ0n) is 16.0. The average Bonchev–Trinajstić information content (AvgIpc) is 3.37. The molecule has 0 saturated carbocycles. The van der Waals surface area contributed by atoms with Crippen molar-refractivity contribution in [2.45, 2.75) is 31.1 Å². The molecule has 1 aliphatic heterocycles. The second-order valence-electron chi connectivity index (χ2n) is 7.35. The summed E-state index contributed by atoms with van der Waals surface area (Å²) in [7, 11) is 0. The highest BCUT2D eigenvalue weighted by molar-refractivity contribution is 7.98. The molecule has 0 N–H and O–H groups in total. The second-order valence-corrected chi connectivity index (χ2v) is 8.12. The monoisotopic (exact) mass is 389 g/mol. The molecule has 1 aliphatic rings. The Balaban J connectivity index is 1.49. The van der Waals surface area contributed by atoms with Gasteiger partial charge in [0.2, 0.25) is 0 Å². The fourth-order valence-electron chi connectivity index (χ4n) is 4.06. The van der Waals surface area contributed by atoms with Crippen LogP contribution in [-0.4, -0.2) is 43.8 Å².